The van der Waals surface area contributed by atoms with Crippen LogP contribution < -0.4 is 14.2 Å². The number of rotatable bonds is 13. The van der Waals surface area contributed by atoms with Crippen molar-refractivity contribution in [2.45, 2.75) is 31.3 Å². The molecule has 1 aliphatic rings. The lowest BCUT2D eigenvalue weighted by Crippen LogP contribution is -2.34. The fourth-order valence-corrected chi connectivity index (χ4v) is 5.04. The SMILES string of the molecule is C=CCCC(=O)OCCOc1cc2ccccc2c2c1OC(c1ccccc1)(c1ccc(OC(=O)CCC=C)cc1)C=C2. The van der Waals surface area contributed by atoms with E-state index in [0.717, 1.165) is 27.5 Å². The van der Waals surface area contributed by atoms with E-state index < -0.39 is 5.60 Å². The fourth-order valence-electron chi connectivity index (χ4n) is 5.04. The molecule has 0 amide bonds. The molecule has 0 radical (unpaired) electrons. The van der Waals surface area contributed by atoms with E-state index in [4.69, 9.17) is 18.9 Å². The van der Waals surface area contributed by atoms with Gasteiger partial charge in [-0.05, 0) is 54.0 Å². The smallest absolute Gasteiger partial charge is 0.311 e. The average molecular weight is 575 g/mol. The number of fused-ring (bicyclic) bond motifs is 3. The third-order valence-corrected chi connectivity index (χ3v) is 7.18. The van der Waals surface area contributed by atoms with Gasteiger partial charge in [0.05, 0.1) is 0 Å². The maximum atomic E-state index is 12.2. The zero-order valence-corrected chi connectivity index (χ0v) is 24.0. The summed E-state index contributed by atoms with van der Waals surface area (Å²) in [5, 5.41) is 2.03. The number of allylic oxidation sites excluding steroid dienone is 2. The van der Waals surface area contributed by atoms with Gasteiger partial charge in [0.2, 0.25) is 0 Å². The van der Waals surface area contributed by atoms with Gasteiger partial charge in [0.1, 0.15) is 19.0 Å². The second-order valence-corrected chi connectivity index (χ2v) is 10.1. The molecule has 1 aliphatic heterocycles. The normalized spacial score (nSPS) is 15.2. The predicted molar refractivity (Wildman–Crippen MR) is 168 cm³/mol. The summed E-state index contributed by atoms with van der Waals surface area (Å²) >= 11 is 0. The van der Waals surface area contributed by atoms with Crippen LogP contribution in [0.25, 0.3) is 16.8 Å². The van der Waals surface area contributed by atoms with Crippen molar-refractivity contribution in [1.82, 2.24) is 0 Å². The maximum absolute atomic E-state index is 12.2. The van der Waals surface area contributed by atoms with Gasteiger partial charge in [0, 0.05) is 29.5 Å². The van der Waals surface area contributed by atoms with Gasteiger partial charge in [-0.1, -0.05) is 78.9 Å². The Morgan fingerprint density at radius 2 is 1.47 bits per heavy atom. The largest absolute Gasteiger partial charge is 0.486 e. The molecule has 0 spiro atoms. The lowest BCUT2D eigenvalue weighted by atomic mass is 9.83. The highest BCUT2D eigenvalue weighted by molar-refractivity contribution is 5.96. The Bertz CT molecular complexity index is 1640. The molecule has 1 unspecified atom stereocenters. The topological polar surface area (TPSA) is 71.1 Å². The van der Waals surface area contributed by atoms with Crippen LogP contribution in [0.3, 0.4) is 0 Å². The van der Waals surface area contributed by atoms with Crippen LogP contribution >= 0.6 is 0 Å². The van der Waals surface area contributed by atoms with E-state index in [9.17, 15) is 9.59 Å². The molecule has 0 N–H and O–H groups in total. The summed E-state index contributed by atoms with van der Waals surface area (Å²) < 4.78 is 24.0. The zero-order valence-electron chi connectivity index (χ0n) is 24.0. The molecule has 0 saturated heterocycles. The first kappa shape index (κ1) is 29.4. The van der Waals surface area contributed by atoms with Crippen molar-refractivity contribution in [2.24, 2.45) is 0 Å². The summed E-state index contributed by atoms with van der Waals surface area (Å²) in [4.78, 5) is 24.1. The van der Waals surface area contributed by atoms with Gasteiger partial charge in [0.15, 0.2) is 17.1 Å². The molecule has 0 fully saturated rings. The molecule has 6 heteroatoms. The molecule has 43 heavy (non-hydrogen) atoms. The van der Waals surface area contributed by atoms with E-state index in [-0.39, 0.29) is 38.0 Å². The van der Waals surface area contributed by atoms with E-state index in [2.05, 4.69) is 25.3 Å². The highest BCUT2D eigenvalue weighted by Crippen LogP contribution is 2.48. The summed E-state index contributed by atoms with van der Waals surface area (Å²) in [6.07, 6.45) is 9.18. The lowest BCUT2D eigenvalue weighted by molar-refractivity contribution is -0.144. The zero-order chi connectivity index (χ0) is 30.1. The minimum Gasteiger partial charge on any atom is -0.486 e. The van der Waals surface area contributed by atoms with Gasteiger partial charge in [-0.25, -0.2) is 0 Å². The quantitative estimate of drug-likeness (QED) is 0.0699. The van der Waals surface area contributed by atoms with Gasteiger partial charge in [-0.3, -0.25) is 9.59 Å². The molecule has 6 nitrogen and oxygen atoms in total. The van der Waals surface area contributed by atoms with Crippen LogP contribution in [0.2, 0.25) is 0 Å². The first-order valence-electron chi connectivity index (χ1n) is 14.3. The van der Waals surface area contributed by atoms with Crippen LogP contribution in [0.4, 0.5) is 0 Å². The molecule has 1 atom stereocenters. The van der Waals surface area contributed by atoms with Crippen molar-refractivity contribution >= 4 is 28.8 Å². The monoisotopic (exact) mass is 574 g/mol. The number of esters is 2. The fraction of sp³-hybridized carbons (Fsp3) is 0.189. The van der Waals surface area contributed by atoms with Crippen molar-refractivity contribution in [3.63, 3.8) is 0 Å². The Labute approximate surface area is 251 Å². The van der Waals surface area contributed by atoms with Crippen LogP contribution in [0.15, 0.2) is 116 Å². The molecular weight excluding hydrogens is 540 g/mol. The van der Waals surface area contributed by atoms with E-state index in [1.165, 1.54) is 0 Å². The summed E-state index contributed by atoms with van der Waals surface area (Å²) in [6.45, 7) is 7.58. The summed E-state index contributed by atoms with van der Waals surface area (Å²) in [6, 6.07) is 27.3. The molecule has 218 valence electrons. The highest BCUT2D eigenvalue weighted by Gasteiger charge is 2.38. The van der Waals surface area contributed by atoms with E-state index in [0.29, 0.717) is 30.1 Å². The van der Waals surface area contributed by atoms with E-state index in [1.54, 1.807) is 24.3 Å². The van der Waals surface area contributed by atoms with Crippen LogP contribution in [0.5, 0.6) is 17.2 Å². The maximum Gasteiger partial charge on any atom is 0.311 e. The first-order valence-corrected chi connectivity index (χ1v) is 14.3. The molecule has 0 aliphatic carbocycles. The van der Waals surface area contributed by atoms with Gasteiger partial charge in [-0.2, -0.15) is 0 Å². The minimum absolute atomic E-state index is 0.115. The summed E-state index contributed by atoms with van der Waals surface area (Å²) in [5.41, 5.74) is 1.68. The highest BCUT2D eigenvalue weighted by atomic mass is 16.6. The third kappa shape index (κ3) is 6.70. The second-order valence-electron chi connectivity index (χ2n) is 10.1. The Balaban J connectivity index is 1.49. The molecule has 4 aromatic rings. The second kappa shape index (κ2) is 13.7. The first-order chi connectivity index (χ1) is 21.0. The number of hydrogen-bond acceptors (Lipinski definition) is 6. The van der Waals surface area contributed by atoms with Crippen LogP contribution in [0.1, 0.15) is 42.4 Å². The van der Waals surface area contributed by atoms with Gasteiger partial charge >= 0.3 is 11.9 Å². The van der Waals surface area contributed by atoms with Crippen LogP contribution in [-0.4, -0.2) is 25.2 Å². The molecule has 4 aromatic carbocycles. The lowest BCUT2D eigenvalue weighted by Gasteiger charge is -2.37. The van der Waals surface area contributed by atoms with Crippen molar-refractivity contribution < 1.29 is 28.5 Å². The number of hydrogen-bond donors (Lipinski definition) is 0. The molecule has 5 rings (SSSR count). The molecule has 0 saturated carbocycles. The Morgan fingerprint density at radius 1 is 0.791 bits per heavy atom. The molecule has 0 bridgehead atoms. The van der Waals surface area contributed by atoms with Gasteiger partial charge < -0.3 is 18.9 Å². The van der Waals surface area contributed by atoms with E-state index >= 15 is 0 Å². The van der Waals surface area contributed by atoms with Crippen molar-refractivity contribution in [1.29, 1.82) is 0 Å². The van der Waals surface area contributed by atoms with Crippen molar-refractivity contribution in [3.8, 4) is 17.2 Å². The standard InChI is InChI=1S/C37H34O6/c1-3-5-16-34(38)41-25-24-40-33-26-27-12-10-11-15-31(27)32-22-23-37(43-36(32)33,28-13-8-7-9-14-28)29-18-20-30(21-19-29)42-35(39)17-6-4-2/h3-4,7-15,18-23,26H,1-2,5-6,16-17,24-25H2. The van der Waals surface area contributed by atoms with Crippen LogP contribution in [-0.2, 0) is 19.9 Å². The van der Waals surface area contributed by atoms with Gasteiger partial charge in [0.25, 0.3) is 0 Å². The number of carbonyl (C=O) groups excluding carboxylic acids is 2. The third-order valence-electron chi connectivity index (χ3n) is 7.18. The number of benzene rings is 4. The Kier molecular flexibility index (Phi) is 9.37. The van der Waals surface area contributed by atoms with E-state index in [1.807, 2.05) is 72.8 Å². The predicted octanol–water partition coefficient (Wildman–Crippen LogP) is 7.95. The molecule has 0 aromatic heterocycles. The molecular formula is C37H34O6. The minimum atomic E-state index is -0.989. The van der Waals surface area contributed by atoms with Crippen LogP contribution in [0, 0.1) is 0 Å². The average Bonchev–Trinajstić information content (AvgIpc) is 3.05. The van der Waals surface area contributed by atoms with Crippen molar-refractivity contribution in [2.75, 3.05) is 13.2 Å². The summed E-state index contributed by atoms with van der Waals surface area (Å²) in [7, 11) is 0. The van der Waals surface area contributed by atoms with Crippen molar-refractivity contribution in [3.05, 3.63) is 133 Å². The number of carbonyl (C=O) groups is 2. The Hall–Kier alpha value is -5.10. The molecule has 1 heterocycles. The van der Waals surface area contributed by atoms with Gasteiger partial charge in [-0.15, -0.1) is 13.2 Å². The number of ether oxygens (including phenoxy) is 4. The summed E-state index contributed by atoms with van der Waals surface area (Å²) in [5.74, 6) is 0.990. The Morgan fingerprint density at radius 3 is 2.21 bits per heavy atom.